The van der Waals surface area contributed by atoms with E-state index in [0.29, 0.717) is 5.71 Å². The van der Waals surface area contributed by atoms with E-state index >= 15 is 0 Å². The number of pyridine rings is 2. The van der Waals surface area contributed by atoms with Crippen molar-refractivity contribution in [2.75, 3.05) is 0 Å². The van der Waals surface area contributed by atoms with Gasteiger partial charge in [0.1, 0.15) is 5.58 Å². The van der Waals surface area contributed by atoms with E-state index in [4.69, 9.17) is 9.40 Å². The SMILES string of the molecule is Cc1ccc2c(n1)oc1c3cc(C)sc3c(-c3cc(-c4ccc(CC(C)(C)C)s4)ccn3)cc21. The summed E-state index contributed by atoms with van der Waals surface area (Å²) in [6, 6.07) is 17.5. The quantitative estimate of drug-likeness (QED) is 0.252. The lowest BCUT2D eigenvalue weighted by atomic mass is 9.92. The molecule has 0 bridgehead atoms. The summed E-state index contributed by atoms with van der Waals surface area (Å²) < 4.78 is 7.48. The van der Waals surface area contributed by atoms with Gasteiger partial charge in [-0.2, -0.15) is 0 Å². The molecule has 0 N–H and O–H groups in total. The smallest absolute Gasteiger partial charge is 0.227 e. The Morgan fingerprint density at radius 3 is 2.56 bits per heavy atom. The highest BCUT2D eigenvalue weighted by Crippen LogP contribution is 2.43. The van der Waals surface area contributed by atoms with Gasteiger partial charge in [0.25, 0.3) is 0 Å². The van der Waals surface area contributed by atoms with Gasteiger partial charge in [0.05, 0.1) is 5.69 Å². The van der Waals surface area contributed by atoms with Crippen LogP contribution in [0.2, 0.25) is 0 Å². The van der Waals surface area contributed by atoms with Crippen molar-refractivity contribution in [3.8, 4) is 21.7 Å². The van der Waals surface area contributed by atoms with Crippen molar-refractivity contribution in [3.63, 3.8) is 0 Å². The molecule has 0 amide bonds. The molecule has 0 aliphatic heterocycles. The molecule has 3 nitrogen and oxygen atoms in total. The molecule has 0 spiro atoms. The highest BCUT2D eigenvalue weighted by molar-refractivity contribution is 7.19. The lowest BCUT2D eigenvalue weighted by Crippen LogP contribution is -2.07. The molecule has 6 rings (SSSR count). The topological polar surface area (TPSA) is 38.9 Å². The van der Waals surface area contributed by atoms with Gasteiger partial charge < -0.3 is 4.42 Å². The Morgan fingerprint density at radius 2 is 1.74 bits per heavy atom. The number of aryl methyl sites for hydroxylation is 2. The van der Waals surface area contributed by atoms with Crippen LogP contribution in [0.15, 0.2) is 59.1 Å². The summed E-state index contributed by atoms with van der Waals surface area (Å²) in [6.07, 6.45) is 3.02. The van der Waals surface area contributed by atoms with Crippen molar-refractivity contribution >= 4 is 54.8 Å². The van der Waals surface area contributed by atoms with Crippen LogP contribution < -0.4 is 0 Å². The number of rotatable bonds is 3. The van der Waals surface area contributed by atoms with Crippen LogP contribution in [0.25, 0.3) is 53.9 Å². The summed E-state index contributed by atoms with van der Waals surface area (Å²) in [6.45, 7) is 11.0. The van der Waals surface area contributed by atoms with Gasteiger partial charge >= 0.3 is 0 Å². The number of hydrogen-bond donors (Lipinski definition) is 0. The summed E-state index contributed by atoms with van der Waals surface area (Å²) in [4.78, 5) is 13.4. The standard InChI is InChI=1S/C29H26N2OS2/c1-16-6-8-20-21-14-22(27-23(12-17(2)33-27)26(21)32-28(20)31-16)24-13-18(10-11-30-24)25-9-7-19(34-25)15-29(3,4)5/h6-14H,15H2,1-5H3. The minimum absolute atomic E-state index is 0.282. The largest absolute Gasteiger partial charge is 0.437 e. The molecule has 0 aliphatic rings. The third-order valence-corrected chi connectivity index (χ3v) is 8.27. The number of benzene rings is 1. The van der Waals surface area contributed by atoms with Gasteiger partial charge in [-0.25, -0.2) is 4.98 Å². The summed E-state index contributed by atoms with van der Waals surface area (Å²) >= 11 is 3.68. The normalized spacial score (nSPS) is 12.4. The van der Waals surface area contributed by atoms with Gasteiger partial charge in [-0.05, 0) is 79.8 Å². The van der Waals surface area contributed by atoms with E-state index in [9.17, 15) is 0 Å². The number of aromatic nitrogens is 2. The first-order valence-electron chi connectivity index (χ1n) is 11.5. The van der Waals surface area contributed by atoms with Crippen LogP contribution in [-0.2, 0) is 6.42 Å². The second-order valence-corrected chi connectivity index (χ2v) is 12.7. The predicted molar refractivity (Wildman–Crippen MR) is 146 cm³/mol. The molecule has 5 heterocycles. The van der Waals surface area contributed by atoms with E-state index in [2.05, 4.69) is 75.1 Å². The summed E-state index contributed by atoms with van der Waals surface area (Å²) in [5, 5.41) is 3.29. The van der Waals surface area contributed by atoms with Crippen LogP contribution in [-0.4, -0.2) is 9.97 Å². The Hall–Kier alpha value is -3.02. The van der Waals surface area contributed by atoms with Crippen molar-refractivity contribution in [1.29, 1.82) is 0 Å². The fraction of sp³-hybridized carbons (Fsp3) is 0.241. The zero-order valence-corrected chi connectivity index (χ0v) is 21.7. The molecule has 0 aliphatic carbocycles. The first kappa shape index (κ1) is 21.5. The maximum atomic E-state index is 6.26. The van der Waals surface area contributed by atoms with Crippen molar-refractivity contribution in [2.45, 2.75) is 41.0 Å². The number of thiophene rings is 2. The fourth-order valence-electron chi connectivity index (χ4n) is 4.60. The molecule has 170 valence electrons. The number of nitrogens with zero attached hydrogens (tertiary/aromatic N) is 2. The monoisotopic (exact) mass is 482 g/mol. The molecule has 5 heteroatoms. The minimum atomic E-state index is 0.282. The molecule has 0 saturated carbocycles. The third kappa shape index (κ3) is 3.73. The summed E-state index contributed by atoms with van der Waals surface area (Å²) in [5.74, 6) is 0. The van der Waals surface area contributed by atoms with Gasteiger partial charge in [0, 0.05) is 52.9 Å². The Morgan fingerprint density at radius 1 is 0.882 bits per heavy atom. The Labute approximate surface area is 207 Å². The predicted octanol–water partition coefficient (Wildman–Crippen LogP) is 9.19. The average molecular weight is 483 g/mol. The molecule has 0 atom stereocenters. The molecular formula is C29H26N2OS2. The minimum Gasteiger partial charge on any atom is -0.437 e. The highest BCUT2D eigenvalue weighted by Gasteiger charge is 2.19. The van der Waals surface area contributed by atoms with Crippen LogP contribution >= 0.6 is 22.7 Å². The maximum Gasteiger partial charge on any atom is 0.227 e. The molecule has 0 fully saturated rings. The van der Waals surface area contributed by atoms with Gasteiger partial charge in [0.15, 0.2) is 0 Å². The van der Waals surface area contributed by atoms with Crippen molar-refractivity contribution in [1.82, 2.24) is 9.97 Å². The Balaban J connectivity index is 1.53. The second kappa shape index (κ2) is 7.76. The number of furan rings is 1. The van der Waals surface area contributed by atoms with Crippen molar-refractivity contribution in [2.24, 2.45) is 5.41 Å². The van der Waals surface area contributed by atoms with E-state index in [0.717, 1.165) is 45.1 Å². The third-order valence-electron chi connectivity index (χ3n) is 6.05. The zero-order chi connectivity index (χ0) is 23.6. The van der Waals surface area contributed by atoms with E-state index < -0.39 is 0 Å². The molecule has 1 aromatic carbocycles. The van der Waals surface area contributed by atoms with E-state index in [1.807, 2.05) is 30.5 Å². The number of fused-ring (bicyclic) bond motifs is 5. The molecule has 0 radical (unpaired) electrons. The van der Waals surface area contributed by atoms with Crippen molar-refractivity contribution < 1.29 is 4.42 Å². The van der Waals surface area contributed by atoms with Gasteiger partial charge in [0.2, 0.25) is 5.71 Å². The molecule has 5 aromatic heterocycles. The van der Waals surface area contributed by atoms with Crippen LogP contribution in [0.4, 0.5) is 0 Å². The van der Waals surface area contributed by atoms with E-state index in [1.165, 1.54) is 24.9 Å². The van der Waals surface area contributed by atoms with E-state index in [-0.39, 0.29) is 5.41 Å². The summed E-state index contributed by atoms with van der Waals surface area (Å²) in [7, 11) is 0. The zero-order valence-electron chi connectivity index (χ0n) is 20.0. The lowest BCUT2D eigenvalue weighted by molar-refractivity contribution is 0.414. The molecule has 0 saturated heterocycles. The summed E-state index contributed by atoms with van der Waals surface area (Å²) in [5.41, 5.74) is 6.21. The molecule has 34 heavy (non-hydrogen) atoms. The molecule has 6 aromatic rings. The van der Waals surface area contributed by atoms with Crippen LogP contribution in [0.5, 0.6) is 0 Å². The maximum absolute atomic E-state index is 6.26. The second-order valence-electron chi connectivity index (χ2n) is 10.2. The van der Waals surface area contributed by atoms with Crippen molar-refractivity contribution in [3.05, 3.63) is 70.2 Å². The lowest BCUT2D eigenvalue weighted by Gasteiger charge is -2.16. The Bertz CT molecular complexity index is 1690. The molecule has 0 unspecified atom stereocenters. The number of hydrogen-bond acceptors (Lipinski definition) is 5. The van der Waals surface area contributed by atoms with Gasteiger partial charge in [-0.3, -0.25) is 4.98 Å². The van der Waals surface area contributed by atoms with Crippen LogP contribution in [0.1, 0.15) is 36.2 Å². The van der Waals surface area contributed by atoms with Gasteiger partial charge in [-0.1, -0.05) is 20.8 Å². The van der Waals surface area contributed by atoms with Crippen LogP contribution in [0.3, 0.4) is 0 Å². The molecular weight excluding hydrogens is 456 g/mol. The fourth-order valence-corrected chi connectivity index (χ4v) is 6.94. The van der Waals surface area contributed by atoms with Gasteiger partial charge in [-0.15, -0.1) is 22.7 Å². The average Bonchev–Trinajstić information content (AvgIpc) is 3.48. The Kier molecular flexibility index (Phi) is 4.91. The van der Waals surface area contributed by atoms with E-state index in [1.54, 1.807) is 11.3 Å². The van der Waals surface area contributed by atoms with Crippen LogP contribution in [0, 0.1) is 19.3 Å². The first-order valence-corrected chi connectivity index (χ1v) is 13.2. The first-order chi connectivity index (χ1) is 16.2. The highest BCUT2D eigenvalue weighted by atomic mass is 32.1.